The molecule has 6 nitrogen and oxygen atoms in total. The standard InChI is InChI=1S/3C9H5F2N2.Ir/c3*10-7-2-3-9(8(11)6-7)13-5-1-4-12-13;/h3*1-2,4-6H;/q3*-1;. The van der Waals surface area contributed by atoms with Crippen molar-refractivity contribution in [2.24, 2.45) is 0 Å². The minimum Gasteiger partial charge on any atom is -0.414 e. The zero-order chi connectivity index (χ0) is 27.8. The molecule has 1 radical (unpaired) electrons. The summed E-state index contributed by atoms with van der Waals surface area (Å²) < 4.78 is 80.6. The van der Waals surface area contributed by atoms with Crippen LogP contribution < -0.4 is 9.78 Å². The van der Waals surface area contributed by atoms with Gasteiger partial charge >= 0.3 is 0 Å². The van der Waals surface area contributed by atoms with E-state index >= 15 is 0 Å². The molecule has 0 amide bonds. The quantitative estimate of drug-likeness (QED) is 0.148. The van der Waals surface area contributed by atoms with E-state index in [1.807, 2.05) is 0 Å². The normalized spacial score (nSPS) is 10.1. The minimum absolute atomic E-state index is 0. The van der Waals surface area contributed by atoms with Crippen LogP contribution in [0, 0.1) is 53.1 Å². The van der Waals surface area contributed by atoms with E-state index < -0.39 is 34.9 Å². The summed E-state index contributed by atoms with van der Waals surface area (Å²) in [5.74, 6) is -3.97. The average Bonchev–Trinajstić information content (AvgIpc) is 3.69. The third kappa shape index (κ3) is 7.78. The van der Waals surface area contributed by atoms with E-state index in [0.29, 0.717) is 0 Å². The van der Waals surface area contributed by atoms with Gasteiger partial charge in [-0.2, -0.15) is 22.3 Å². The second-order valence-corrected chi connectivity index (χ2v) is 7.40. The molecule has 3 aromatic heterocycles. The number of hydrogen-bond donors (Lipinski definition) is 0. The van der Waals surface area contributed by atoms with Crippen molar-refractivity contribution in [1.29, 1.82) is 0 Å². The molecule has 207 valence electrons. The zero-order valence-corrected chi connectivity index (χ0v) is 22.3. The number of aromatic nitrogens is 6. The van der Waals surface area contributed by atoms with Crippen LogP contribution in [0.3, 0.4) is 0 Å². The molecule has 0 unspecified atom stereocenters. The Balaban J connectivity index is 0.000000163. The smallest absolute Gasteiger partial charge is 0.161 e. The number of nitrogens with zero attached hydrogens (tertiary/aromatic N) is 6. The minimum atomic E-state index is -0.677. The first kappa shape index (κ1) is 30.1. The molecular formula is C27H15F6IrN6-3. The SMILES string of the molecule is Fc1c[c-]c(-[n+]2ccc[n-]2)c(F)c1.Fc1c[c-]c(-n2cccn2)c(F)c1.Fc1c[c-]c(-n2cccn2)c(F)c1.[Ir]. The zero-order valence-electron chi connectivity index (χ0n) is 19.9. The van der Waals surface area contributed by atoms with Gasteiger partial charge in [0.15, 0.2) is 6.20 Å². The molecule has 0 atom stereocenters. The maximum atomic E-state index is 13.1. The van der Waals surface area contributed by atoms with Gasteiger partial charge in [-0.1, -0.05) is 6.07 Å². The Morgan fingerprint density at radius 2 is 1.12 bits per heavy atom. The van der Waals surface area contributed by atoms with Gasteiger partial charge in [0.1, 0.15) is 5.69 Å². The monoisotopic (exact) mass is 730 g/mol. The Labute approximate surface area is 237 Å². The largest absolute Gasteiger partial charge is 0.414 e. The first-order valence-corrected chi connectivity index (χ1v) is 10.9. The van der Waals surface area contributed by atoms with Crippen molar-refractivity contribution in [2.75, 3.05) is 0 Å². The molecule has 0 saturated carbocycles. The van der Waals surface area contributed by atoms with Gasteiger partial charge in [-0.05, 0) is 29.6 Å². The summed E-state index contributed by atoms with van der Waals surface area (Å²) in [6, 6.07) is 17.9. The fourth-order valence-electron chi connectivity index (χ4n) is 3.04. The van der Waals surface area contributed by atoms with Gasteiger partial charge < -0.3 is 5.10 Å². The van der Waals surface area contributed by atoms with Crippen molar-refractivity contribution in [3.63, 3.8) is 0 Å². The van der Waals surface area contributed by atoms with Gasteiger partial charge in [-0.15, -0.1) is 42.6 Å². The van der Waals surface area contributed by atoms with E-state index in [1.54, 1.807) is 36.8 Å². The van der Waals surface area contributed by atoms with Gasteiger partial charge in [-0.3, -0.25) is 40.4 Å². The third-order valence-electron chi connectivity index (χ3n) is 4.71. The summed E-state index contributed by atoms with van der Waals surface area (Å²) in [6.45, 7) is 0. The molecule has 6 aromatic rings. The maximum absolute atomic E-state index is 13.1. The number of halogens is 6. The molecule has 40 heavy (non-hydrogen) atoms. The Hall–Kier alpha value is -4.48. The molecule has 0 aliphatic rings. The molecule has 0 bridgehead atoms. The van der Waals surface area contributed by atoms with Crippen LogP contribution in [0.4, 0.5) is 26.3 Å². The van der Waals surface area contributed by atoms with Crippen LogP contribution in [-0.2, 0) is 20.1 Å². The molecule has 3 aromatic carbocycles. The van der Waals surface area contributed by atoms with Crippen molar-refractivity contribution < 1.29 is 51.1 Å². The molecule has 3 heterocycles. The Bertz CT molecular complexity index is 1430. The number of benzene rings is 3. The van der Waals surface area contributed by atoms with Crippen molar-refractivity contribution in [3.05, 3.63) is 145 Å². The molecule has 0 saturated heterocycles. The second-order valence-electron chi connectivity index (χ2n) is 7.40. The van der Waals surface area contributed by atoms with Gasteiger partial charge in [0, 0.05) is 74.0 Å². The number of rotatable bonds is 3. The van der Waals surface area contributed by atoms with Gasteiger partial charge in [-0.25, -0.2) is 0 Å². The van der Waals surface area contributed by atoms with E-state index in [4.69, 9.17) is 0 Å². The number of hydrogen-bond acceptors (Lipinski definition) is 2. The summed E-state index contributed by atoms with van der Waals surface area (Å²) in [6.07, 6.45) is 9.22. The maximum Gasteiger partial charge on any atom is 0.161 e. The van der Waals surface area contributed by atoms with Gasteiger partial charge in [0.05, 0.1) is 5.82 Å². The van der Waals surface area contributed by atoms with Gasteiger partial charge in [0.25, 0.3) is 0 Å². The molecule has 0 fully saturated rings. The predicted molar refractivity (Wildman–Crippen MR) is 125 cm³/mol. The topological polar surface area (TPSA) is 53.6 Å². The van der Waals surface area contributed by atoms with Crippen molar-refractivity contribution in [2.45, 2.75) is 0 Å². The van der Waals surface area contributed by atoms with E-state index in [2.05, 4.69) is 33.5 Å². The Morgan fingerprint density at radius 1 is 0.650 bits per heavy atom. The van der Waals surface area contributed by atoms with Crippen LogP contribution in [-0.4, -0.2) is 19.6 Å². The van der Waals surface area contributed by atoms with Gasteiger partial charge in [0.2, 0.25) is 0 Å². The Morgan fingerprint density at radius 3 is 1.50 bits per heavy atom. The summed E-state index contributed by atoms with van der Waals surface area (Å²) in [5.41, 5.74) is 0.351. The Kier molecular flexibility index (Phi) is 10.6. The first-order chi connectivity index (χ1) is 18.8. The molecule has 0 aliphatic heterocycles. The van der Waals surface area contributed by atoms with E-state index in [-0.39, 0.29) is 37.2 Å². The summed E-state index contributed by atoms with van der Waals surface area (Å²) in [4.78, 5) is 0. The first-order valence-electron chi connectivity index (χ1n) is 10.9. The molecule has 0 spiro atoms. The summed E-state index contributed by atoms with van der Waals surface area (Å²) in [5, 5.41) is 11.4. The van der Waals surface area contributed by atoms with Crippen LogP contribution in [0.5, 0.6) is 0 Å². The van der Waals surface area contributed by atoms with Crippen LogP contribution in [0.1, 0.15) is 0 Å². The summed E-state index contributed by atoms with van der Waals surface area (Å²) in [7, 11) is 0. The fraction of sp³-hybridized carbons (Fsp3) is 0. The molecule has 0 aliphatic carbocycles. The second kappa shape index (κ2) is 14.1. The average molecular weight is 730 g/mol. The van der Waals surface area contributed by atoms with Crippen LogP contribution in [0.25, 0.3) is 17.1 Å². The third-order valence-corrected chi connectivity index (χ3v) is 4.71. The fourth-order valence-corrected chi connectivity index (χ4v) is 3.04. The molecular weight excluding hydrogens is 715 g/mol. The van der Waals surface area contributed by atoms with Crippen LogP contribution in [0.15, 0.2) is 91.8 Å². The van der Waals surface area contributed by atoms with Crippen LogP contribution in [0.2, 0.25) is 0 Å². The van der Waals surface area contributed by atoms with E-state index in [0.717, 1.165) is 36.4 Å². The summed E-state index contributed by atoms with van der Waals surface area (Å²) >= 11 is 0. The van der Waals surface area contributed by atoms with Crippen LogP contribution >= 0.6 is 0 Å². The van der Waals surface area contributed by atoms with Crippen molar-refractivity contribution >= 4 is 0 Å². The molecule has 13 heteroatoms. The molecule has 0 N–H and O–H groups in total. The van der Waals surface area contributed by atoms with E-state index in [9.17, 15) is 26.3 Å². The van der Waals surface area contributed by atoms with Crippen molar-refractivity contribution in [1.82, 2.24) is 24.7 Å². The predicted octanol–water partition coefficient (Wildman–Crippen LogP) is 4.90. The van der Waals surface area contributed by atoms with Crippen molar-refractivity contribution in [3.8, 4) is 17.1 Å². The molecule has 6 rings (SSSR count). The van der Waals surface area contributed by atoms with E-state index in [1.165, 1.54) is 32.6 Å².